The summed E-state index contributed by atoms with van der Waals surface area (Å²) in [5.41, 5.74) is 1.32. The van der Waals surface area contributed by atoms with Crippen LogP contribution in [0.4, 0.5) is 4.79 Å². The molecule has 0 saturated carbocycles. The smallest absolute Gasteiger partial charge is 0.317 e. The summed E-state index contributed by atoms with van der Waals surface area (Å²) < 4.78 is 0. The molecule has 2 rings (SSSR count). The third kappa shape index (κ3) is 5.31. The normalized spacial score (nSPS) is 17.3. The van der Waals surface area contributed by atoms with Crippen LogP contribution < -0.4 is 5.32 Å². The van der Waals surface area contributed by atoms with Crippen molar-refractivity contribution in [1.29, 1.82) is 0 Å². The first-order valence-electron chi connectivity index (χ1n) is 8.11. The second-order valence-electron chi connectivity index (χ2n) is 5.97. The quantitative estimate of drug-likeness (QED) is 0.841. The van der Waals surface area contributed by atoms with Crippen molar-refractivity contribution in [3.63, 3.8) is 0 Å². The van der Waals surface area contributed by atoms with Crippen molar-refractivity contribution in [3.8, 4) is 0 Å². The van der Waals surface area contributed by atoms with E-state index in [0.717, 1.165) is 45.6 Å². The molecular formula is C17H27N3O2. The van der Waals surface area contributed by atoms with Gasteiger partial charge in [-0.3, -0.25) is 4.90 Å². The summed E-state index contributed by atoms with van der Waals surface area (Å²) in [6.45, 7) is 6.47. The summed E-state index contributed by atoms with van der Waals surface area (Å²) in [4.78, 5) is 16.4. The molecule has 0 bridgehead atoms. The standard InChI is InChI=1S/C17H27N3O2/c1-15(6-5-13-21)18-17(22)20-11-9-19(10-12-20)14-16-7-3-2-4-8-16/h2-4,7-8,15,21H,5-6,9-14H2,1H3,(H,18,22). The maximum Gasteiger partial charge on any atom is 0.317 e. The predicted molar refractivity (Wildman–Crippen MR) is 87.6 cm³/mol. The fraction of sp³-hybridized carbons (Fsp3) is 0.588. The van der Waals surface area contributed by atoms with E-state index in [1.807, 2.05) is 17.9 Å². The van der Waals surface area contributed by atoms with Gasteiger partial charge in [-0.1, -0.05) is 30.3 Å². The van der Waals surface area contributed by atoms with E-state index in [-0.39, 0.29) is 18.7 Å². The third-order valence-corrected chi connectivity index (χ3v) is 4.07. The number of hydrogen-bond acceptors (Lipinski definition) is 3. The molecule has 1 unspecified atom stereocenters. The van der Waals surface area contributed by atoms with E-state index in [2.05, 4.69) is 34.5 Å². The van der Waals surface area contributed by atoms with Crippen molar-refractivity contribution in [2.24, 2.45) is 0 Å². The Labute approximate surface area is 132 Å². The summed E-state index contributed by atoms with van der Waals surface area (Å²) in [6, 6.07) is 10.6. The lowest BCUT2D eigenvalue weighted by atomic mass is 10.2. The molecule has 1 saturated heterocycles. The van der Waals surface area contributed by atoms with E-state index in [4.69, 9.17) is 5.11 Å². The summed E-state index contributed by atoms with van der Waals surface area (Å²) in [6.07, 6.45) is 1.54. The summed E-state index contributed by atoms with van der Waals surface area (Å²) >= 11 is 0. The zero-order valence-corrected chi connectivity index (χ0v) is 13.4. The van der Waals surface area contributed by atoms with Gasteiger partial charge in [0.1, 0.15) is 0 Å². The first-order chi connectivity index (χ1) is 10.7. The van der Waals surface area contributed by atoms with Gasteiger partial charge in [0.15, 0.2) is 0 Å². The number of aliphatic hydroxyl groups is 1. The molecule has 1 fully saturated rings. The molecule has 0 aromatic heterocycles. The van der Waals surface area contributed by atoms with Gasteiger partial charge >= 0.3 is 6.03 Å². The average Bonchev–Trinajstić information content (AvgIpc) is 2.54. The van der Waals surface area contributed by atoms with Crippen molar-refractivity contribution >= 4 is 6.03 Å². The number of amides is 2. The predicted octanol–water partition coefficient (Wildman–Crippen LogP) is 1.67. The van der Waals surface area contributed by atoms with E-state index in [9.17, 15) is 4.79 Å². The molecular weight excluding hydrogens is 278 g/mol. The number of nitrogens with one attached hydrogen (secondary N) is 1. The Bertz CT molecular complexity index is 444. The van der Waals surface area contributed by atoms with E-state index < -0.39 is 0 Å². The fourth-order valence-electron chi connectivity index (χ4n) is 2.72. The van der Waals surface area contributed by atoms with Gasteiger partial charge in [-0.25, -0.2) is 4.79 Å². The molecule has 1 atom stereocenters. The second kappa shape index (κ2) is 8.76. The van der Waals surface area contributed by atoms with Crippen molar-refractivity contribution in [3.05, 3.63) is 35.9 Å². The van der Waals surface area contributed by atoms with Crippen LogP contribution in [-0.2, 0) is 6.54 Å². The van der Waals surface area contributed by atoms with Crippen molar-refractivity contribution in [1.82, 2.24) is 15.1 Å². The molecule has 1 heterocycles. The van der Waals surface area contributed by atoms with E-state index >= 15 is 0 Å². The zero-order chi connectivity index (χ0) is 15.8. The highest BCUT2D eigenvalue weighted by molar-refractivity contribution is 5.74. The van der Waals surface area contributed by atoms with Crippen LogP contribution in [0, 0.1) is 0 Å². The molecule has 1 aliphatic rings. The maximum atomic E-state index is 12.2. The third-order valence-electron chi connectivity index (χ3n) is 4.07. The molecule has 1 aromatic rings. The largest absolute Gasteiger partial charge is 0.396 e. The van der Waals surface area contributed by atoms with Gasteiger partial charge < -0.3 is 15.3 Å². The Hall–Kier alpha value is -1.59. The van der Waals surface area contributed by atoms with Gasteiger partial charge in [-0.15, -0.1) is 0 Å². The topological polar surface area (TPSA) is 55.8 Å². The maximum absolute atomic E-state index is 12.2. The molecule has 1 aromatic carbocycles. The Morgan fingerprint density at radius 3 is 2.55 bits per heavy atom. The molecule has 1 aliphatic heterocycles. The number of urea groups is 1. The van der Waals surface area contributed by atoms with Gasteiger partial charge in [0.05, 0.1) is 0 Å². The Kier molecular flexibility index (Phi) is 6.68. The first-order valence-corrected chi connectivity index (χ1v) is 8.11. The molecule has 22 heavy (non-hydrogen) atoms. The van der Waals surface area contributed by atoms with Gasteiger partial charge in [0, 0.05) is 45.4 Å². The molecule has 2 amide bonds. The van der Waals surface area contributed by atoms with Crippen LogP contribution in [-0.4, -0.2) is 59.8 Å². The number of benzene rings is 1. The van der Waals surface area contributed by atoms with Crippen LogP contribution in [0.25, 0.3) is 0 Å². The van der Waals surface area contributed by atoms with E-state index in [1.165, 1.54) is 5.56 Å². The minimum Gasteiger partial charge on any atom is -0.396 e. The lowest BCUT2D eigenvalue weighted by Crippen LogP contribution is -2.52. The molecule has 0 radical (unpaired) electrons. The summed E-state index contributed by atoms with van der Waals surface area (Å²) in [7, 11) is 0. The van der Waals surface area contributed by atoms with Gasteiger partial charge in [-0.2, -0.15) is 0 Å². The van der Waals surface area contributed by atoms with Crippen LogP contribution in [0.3, 0.4) is 0 Å². The second-order valence-corrected chi connectivity index (χ2v) is 5.97. The van der Waals surface area contributed by atoms with Gasteiger partial charge in [0.25, 0.3) is 0 Å². The van der Waals surface area contributed by atoms with Gasteiger partial charge in [-0.05, 0) is 25.3 Å². The van der Waals surface area contributed by atoms with Crippen LogP contribution in [0.2, 0.25) is 0 Å². The first kappa shape index (κ1) is 16.8. The van der Waals surface area contributed by atoms with Crippen LogP contribution in [0.1, 0.15) is 25.3 Å². The highest BCUT2D eigenvalue weighted by atomic mass is 16.3. The van der Waals surface area contributed by atoms with E-state index in [1.54, 1.807) is 0 Å². The molecule has 2 N–H and O–H groups in total. The Morgan fingerprint density at radius 2 is 1.91 bits per heavy atom. The Morgan fingerprint density at radius 1 is 1.23 bits per heavy atom. The zero-order valence-electron chi connectivity index (χ0n) is 13.4. The van der Waals surface area contributed by atoms with Gasteiger partial charge in [0.2, 0.25) is 0 Å². The fourth-order valence-corrected chi connectivity index (χ4v) is 2.72. The van der Waals surface area contributed by atoms with Crippen molar-refractivity contribution in [2.75, 3.05) is 32.8 Å². The lowest BCUT2D eigenvalue weighted by molar-refractivity contribution is 0.133. The lowest BCUT2D eigenvalue weighted by Gasteiger charge is -2.35. The molecule has 0 aliphatic carbocycles. The molecule has 0 spiro atoms. The highest BCUT2D eigenvalue weighted by Gasteiger charge is 2.21. The van der Waals surface area contributed by atoms with Crippen LogP contribution in [0.15, 0.2) is 30.3 Å². The van der Waals surface area contributed by atoms with Crippen molar-refractivity contribution in [2.45, 2.75) is 32.4 Å². The number of rotatable bonds is 6. The monoisotopic (exact) mass is 305 g/mol. The van der Waals surface area contributed by atoms with E-state index in [0.29, 0.717) is 0 Å². The number of hydrogen-bond donors (Lipinski definition) is 2. The number of aliphatic hydroxyl groups excluding tert-OH is 1. The Balaban J connectivity index is 1.71. The highest BCUT2D eigenvalue weighted by Crippen LogP contribution is 2.09. The summed E-state index contributed by atoms with van der Waals surface area (Å²) in [5.74, 6) is 0. The van der Waals surface area contributed by atoms with Crippen LogP contribution in [0.5, 0.6) is 0 Å². The molecule has 5 heteroatoms. The SMILES string of the molecule is CC(CCCO)NC(=O)N1CCN(Cc2ccccc2)CC1. The summed E-state index contributed by atoms with van der Waals surface area (Å²) in [5, 5.41) is 11.8. The number of nitrogens with zero attached hydrogens (tertiary/aromatic N) is 2. The number of piperazine rings is 1. The van der Waals surface area contributed by atoms with Crippen LogP contribution >= 0.6 is 0 Å². The average molecular weight is 305 g/mol. The van der Waals surface area contributed by atoms with Crippen molar-refractivity contribution < 1.29 is 9.90 Å². The minimum absolute atomic E-state index is 0.0183. The minimum atomic E-state index is 0.0183. The molecule has 5 nitrogen and oxygen atoms in total. The molecule has 122 valence electrons. The number of carbonyl (C=O) groups excluding carboxylic acids is 1. The number of carbonyl (C=O) groups is 1.